The number of hydrogen-bond donors (Lipinski definition) is 1. The fraction of sp³-hybridized carbons (Fsp3) is 0.333. The van der Waals surface area contributed by atoms with Crippen molar-refractivity contribution >= 4 is 17.3 Å². The fourth-order valence-electron chi connectivity index (χ4n) is 1.05. The standard InChI is InChI=1S/C9H13ClN2/c1-12(2)6-7-5-8(10)3-4-9(7)11/h3-5H,6,11H2,1-2H3. The van der Waals surface area contributed by atoms with E-state index in [1.54, 1.807) is 6.07 Å². The molecule has 0 unspecified atom stereocenters. The van der Waals surface area contributed by atoms with Crippen LogP contribution in [-0.2, 0) is 6.54 Å². The fourth-order valence-corrected chi connectivity index (χ4v) is 1.25. The van der Waals surface area contributed by atoms with E-state index in [4.69, 9.17) is 17.3 Å². The lowest BCUT2D eigenvalue weighted by molar-refractivity contribution is 0.403. The summed E-state index contributed by atoms with van der Waals surface area (Å²) in [6, 6.07) is 5.54. The lowest BCUT2D eigenvalue weighted by atomic mass is 10.2. The summed E-state index contributed by atoms with van der Waals surface area (Å²) in [4.78, 5) is 2.06. The molecule has 0 saturated heterocycles. The highest BCUT2D eigenvalue weighted by atomic mass is 35.5. The van der Waals surface area contributed by atoms with Gasteiger partial charge in [-0.25, -0.2) is 0 Å². The number of hydrogen-bond acceptors (Lipinski definition) is 2. The number of nitrogens with two attached hydrogens (primary N) is 1. The van der Waals surface area contributed by atoms with E-state index in [9.17, 15) is 0 Å². The molecule has 0 spiro atoms. The van der Waals surface area contributed by atoms with Gasteiger partial charge in [0.2, 0.25) is 0 Å². The Morgan fingerprint density at radius 1 is 1.42 bits per heavy atom. The molecule has 1 aromatic rings. The SMILES string of the molecule is CN(C)Cc1cc(Cl)ccc1N. The van der Waals surface area contributed by atoms with Crippen LogP contribution in [-0.4, -0.2) is 19.0 Å². The first kappa shape index (κ1) is 9.36. The normalized spacial score (nSPS) is 10.7. The molecule has 2 N–H and O–H groups in total. The molecule has 0 amide bonds. The smallest absolute Gasteiger partial charge is 0.0410 e. The predicted molar refractivity (Wildman–Crippen MR) is 53.3 cm³/mol. The van der Waals surface area contributed by atoms with Crippen molar-refractivity contribution in [3.8, 4) is 0 Å². The zero-order valence-corrected chi connectivity index (χ0v) is 8.10. The minimum absolute atomic E-state index is 0.737. The van der Waals surface area contributed by atoms with E-state index < -0.39 is 0 Å². The van der Waals surface area contributed by atoms with E-state index in [2.05, 4.69) is 4.90 Å². The van der Waals surface area contributed by atoms with Gasteiger partial charge in [-0.2, -0.15) is 0 Å². The highest BCUT2D eigenvalue weighted by molar-refractivity contribution is 6.30. The molecule has 3 heteroatoms. The third-order valence-corrected chi connectivity index (χ3v) is 1.83. The van der Waals surface area contributed by atoms with Gasteiger partial charge in [-0.3, -0.25) is 0 Å². The zero-order chi connectivity index (χ0) is 9.14. The maximum absolute atomic E-state index is 5.83. The van der Waals surface area contributed by atoms with E-state index in [0.29, 0.717) is 0 Å². The molecule has 0 aliphatic carbocycles. The van der Waals surface area contributed by atoms with E-state index >= 15 is 0 Å². The lowest BCUT2D eigenvalue weighted by Gasteiger charge is -2.11. The van der Waals surface area contributed by atoms with Crippen LogP contribution in [0.3, 0.4) is 0 Å². The minimum Gasteiger partial charge on any atom is -0.398 e. The molecule has 0 aliphatic rings. The Kier molecular flexibility index (Phi) is 2.95. The number of benzene rings is 1. The number of nitrogen functional groups attached to an aromatic ring is 1. The minimum atomic E-state index is 0.737. The first-order valence-corrected chi connectivity index (χ1v) is 4.16. The van der Waals surface area contributed by atoms with Gasteiger partial charge in [0, 0.05) is 17.3 Å². The molecule has 0 heterocycles. The maximum Gasteiger partial charge on any atom is 0.0410 e. The van der Waals surface area contributed by atoms with Crippen molar-refractivity contribution in [3.63, 3.8) is 0 Å². The van der Waals surface area contributed by atoms with Crippen LogP contribution in [0, 0.1) is 0 Å². The molecular formula is C9H13ClN2. The van der Waals surface area contributed by atoms with Gasteiger partial charge in [0.25, 0.3) is 0 Å². The van der Waals surface area contributed by atoms with Crippen LogP contribution in [0.4, 0.5) is 5.69 Å². The summed E-state index contributed by atoms with van der Waals surface area (Å²) in [5, 5.41) is 0.737. The second-order valence-electron chi connectivity index (χ2n) is 3.08. The summed E-state index contributed by atoms with van der Waals surface area (Å²) in [5.74, 6) is 0. The van der Waals surface area contributed by atoms with E-state index in [1.165, 1.54) is 0 Å². The van der Waals surface area contributed by atoms with Gasteiger partial charge in [0.05, 0.1) is 0 Å². The van der Waals surface area contributed by atoms with Crippen molar-refractivity contribution in [2.75, 3.05) is 19.8 Å². The second-order valence-corrected chi connectivity index (χ2v) is 3.52. The van der Waals surface area contributed by atoms with Crippen LogP contribution < -0.4 is 5.73 Å². The molecule has 0 aromatic heterocycles. The maximum atomic E-state index is 5.83. The van der Waals surface area contributed by atoms with Crippen molar-refractivity contribution in [2.24, 2.45) is 0 Å². The number of halogens is 1. The van der Waals surface area contributed by atoms with E-state index in [1.807, 2.05) is 26.2 Å². The topological polar surface area (TPSA) is 29.3 Å². The number of nitrogens with zero attached hydrogens (tertiary/aromatic N) is 1. The predicted octanol–water partition coefficient (Wildman–Crippen LogP) is 1.98. The second kappa shape index (κ2) is 3.78. The van der Waals surface area contributed by atoms with Crippen LogP contribution in [0.15, 0.2) is 18.2 Å². The zero-order valence-electron chi connectivity index (χ0n) is 7.34. The summed E-state index contributed by atoms with van der Waals surface area (Å²) < 4.78 is 0. The van der Waals surface area contributed by atoms with Gasteiger partial charge < -0.3 is 10.6 Å². The summed E-state index contributed by atoms with van der Waals surface area (Å²) in [6.07, 6.45) is 0. The van der Waals surface area contributed by atoms with Crippen molar-refractivity contribution < 1.29 is 0 Å². The number of rotatable bonds is 2. The van der Waals surface area contributed by atoms with Crippen molar-refractivity contribution in [3.05, 3.63) is 28.8 Å². The van der Waals surface area contributed by atoms with Crippen LogP contribution in [0.5, 0.6) is 0 Å². The summed E-state index contributed by atoms with van der Waals surface area (Å²) in [7, 11) is 4.00. The molecule has 66 valence electrons. The van der Waals surface area contributed by atoms with Gasteiger partial charge >= 0.3 is 0 Å². The number of anilines is 1. The molecule has 0 fully saturated rings. The molecule has 1 aromatic carbocycles. The third kappa shape index (κ3) is 2.40. The van der Waals surface area contributed by atoms with E-state index in [-0.39, 0.29) is 0 Å². The van der Waals surface area contributed by atoms with Crippen LogP contribution in [0.1, 0.15) is 5.56 Å². The molecular weight excluding hydrogens is 172 g/mol. The van der Waals surface area contributed by atoms with Gasteiger partial charge in [-0.1, -0.05) is 11.6 Å². The molecule has 0 radical (unpaired) electrons. The molecule has 0 saturated carbocycles. The lowest BCUT2D eigenvalue weighted by Crippen LogP contribution is -2.12. The Bertz CT molecular complexity index is 271. The Labute approximate surface area is 77.9 Å². The van der Waals surface area contributed by atoms with E-state index in [0.717, 1.165) is 22.8 Å². The van der Waals surface area contributed by atoms with Gasteiger partial charge in [0.1, 0.15) is 0 Å². The van der Waals surface area contributed by atoms with Crippen molar-refractivity contribution in [1.82, 2.24) is 4.90 Å². The highest BCUT2D eigenvalue weighted by Gasteiger charge is 2.00. The first-order valence-electron chi connectivity index (χ1n) is 3.78. The molecule has 1 rings (SSSR count). The first-order chi connectivity index (χ1) is 5.59. The van der Waals surface area contributed by atoms with Gasteiger partial charge in [-0.15, -0.1) is 0 Å². The summed E-state index contributed by atoms with van der Waals surface area (Å²) in [5.41, 5.74) is 7.63. The summed E-state index contributed by atoms with van der Waals surface area (Å²) >= 11 is 5.83. The van der Waals surface area contributed by atoms with Crippen LogP contribution in [0.2, 0.25) is 5.02 Å². The van der Waals surface area contributed by atoms with Crippen LogP contribution >= 0.6 is 11.6 Å². The Balaban J connectivity index is 2.90. The monoisotopic (exact) mass is 184 g/mol. The Hall–Kier alpha value is -0.730. The highest BCUT2D eigenvalue weighted by Crippen LogP contribution is 2.18. The molecule has 0 bridgehead atoms. The van der Waals surface area contributed by atoms with Gasteiger partial charge in [-0.05, 0) is 37.9 Å². The van der Waals surface area contributed by atoms with Crippen molar-refractivity contribution in [2.45, 2.75) is 6.54 Å². The average Bonchev–Trinajstić information content (AvgIpc) is 1.96. The third-order valence-electron chi connectivity index (χ3n) is 1.59. The Morgan fingerprint density at radius 2 is 2.08 bits per heavy atom. The molecule has 2 nitrogen and oxygen atoms in total. The molecule has 12 heavy (non-hydrogen) atoms. The molecule has 0 aliphatic heterocycles. The summed E-state index contributed by atoms with van der Waals surface area (Å²) in [6.45, 7) is 0.826. The average molecular weight is 185 g/mol. The Morgan fingerprint density at radius 3 is 2.67 bits per heavy atom. The molecule has 0 atom stereocenters. The van der Waals surface area contributed by atoms with Crippen LogP contribution in [0.25, 0.3) is 0 Å². The largest absolute Gasteiger partial charge is 0.398 e. The van der Waals surface area contributed by atoms with Gasteiger partial charge in [0.15, 0.2) is 0 Å². The van der Waals surface area contributed by atoms with Crippen molar-refractivity contribution in [1.29, 1.82) is 0 Å². The quantitative estimate of drug-likeness (QED) is 0.713.